The fraction of sp³-hybridized carbons (Fsp3) is 0.0556. The third-order valence-electron chi connectivity index (χ3n) is 3.72. The fourth-order valence-corrected chi connectivity index (χ4v) is 2.55. The Balaban J connectivity index is 1.55. The summed E-state index contributed by atoms with van der Waals surface area (Å²) in [5.41, 5.74) is 3.23. The summed E-state index contributed by atoms with van der Waals surface area (Å²) in [6.45, 7) is 0. The molecule has 1 aromatic heterocycles. The number of carbonyl (C=O) groups is 1. The van der Waals surface area contributed by atoms with Crippen molar-refractivity contribution in [2.75, 3.05) is 0 Å². The van der Waals surface area contributed by atoms with Gasteiger partial charge in [-0.2, -0.15) is 0 Å². The van der Waals surface area contributed by atoms with Crippen LogP contribution in [0.2, 0.25) is 0 Å². The molecule has 0 saturated carbocycles. The van der Waals surface area contributed by atoms with E-state index in [4.69, 9.17) is 0 Å². The van der Waals surface area contributed by atoms with Gasteiger partial charge in [0.15, 0.2) is 6.17 Å². The SMILES string of the molecule is O=C(NC1C=Nc2ccccc2C=N1)c1cc2ccccc2[nH]1. The van der Waals surface area contributed by atoms with Crippen LogP contribution in [0.3, 0.4) is 0 Å². The Morgan fingerprint density at radius 1 is 1.09 bits per heavy atom. The zero-order valence-electron chi connectivity index (χ0n) is 12.2. The van der Waals surface area contributed by atoms with Gasteiger partial charge in [-0.05, 0) is 18.2 Å². The first-order chi connectivity index (χ1) is 11.3. The predicted octanol–water partition coefficient (Wildman–Crippen LogP) is 3.06. The lowest BCUT2D eigenvalue weighted by atomic mass is 10.2. The second-order valence-electron chi connectivity index (χ2n) is 5.30. The van der Waals surface area contributed by atoms with Crippen molar-refractivity contribution in [3.05, 3.63) is 65.9 Å². The third kappa shape index (κ3) is 2.64. The van der Waals surface area contributed by atoms with Gasteiger partial charge < -0.3 is 10.3 Å². The molecule has 0 saturated heterocycles. The summed E-state index contributed by atoms with van der Waals surface area (Å²) in [5.74, 6) is -0.208. The van der Waals surface area contributed by atoms with E-state index < -0.39 is 6.17 Å². The topological polar surface area (TPSA) is 69.6 Å². The minimum Gasteiger partial charge on any atom is -0.351 e. The normalized spacial score (nSPS) is 16.1. The van der Waals surface area contributed by atoms with E-state index in [0.29, 0.717) is 5.69 Å². The zero-order valence-corrected chi connectivity index (χ0v) is 12.2. The molecule has 23 heavy (non-hydrogen) atoms. The summed E-state index contributed by atoms with van der Waals surface area (Å²) in [5, 5.41) is 3.86. The van der Waals surface area contributed by atoms with Crippen LogP contribution in [0.25, 0.3) is 10.9 Å². The minimum absolute atomic E-state index is 0.208. The van der Waals surface area contributed by atoms with Crippen LogP contribution in [0.15, 0.2) is 64.6 Å². The lowest BCUT2D eigenvalue weighted by Crippen LogP contribution is -2.34. The molecule has 112 valence electrons. The van der Waals surface area contributed by atoms with Gasteiger partial charge in [0.2, 0.25) is 0 Å². The molecule has 1 atom stereocenters. The Bertz CT molecular complexity index is 873. The molecule has 0 radical (unpaired) electrons. The highest BCUT2D eigenvalue weighted by atomic mass is 16.2. The van der Waals surface area contributed by atoms with Gasteiger partial charge in [0.25, 0.3) is 5.91 Å². The van der Waals surface area contributed by atoms with Crippen molar-refractivity contribution in [2.45, 2.75) is 6.17 Å². The number of nitrogens with zero attached hydrogens (tertiary/aromatic N) is 2. The Morgan fingerprint density at radius 2 is 1.91 bits per heavy atom. The summed E-state index contributed by atoms with van der Waals surface area (Å²) in [6, 6.07) is 17.3. The molecular formula is C18H14N4O. The first-order valence-corrected chi connectivity index (χ1v) is 7.35. The molecule has 5 nitrogen and oxygen atoms in total. The maximum Gasteiger partial charge on any atom is 0.269 e. The molecule has 0 bridgehead atoms. The van der Waals surface area contributed by atoms with Crippen molar-refractivity contribution in [1.82, 2.24) is 10.3 Å². The molecule has 4 rings (SSSR count). The number of H-pyrrole nitrogens is 1. The third-order valence-corrected chi connectivity index (χ3v) is 3.72. The number of para-hydroxylation sites is 2. The zero-order chi connectivity index (χ0) is 15.6. The standard InChI is InChI=1S/C18H14N4O/c23-18(16-9-12-5-1-4-8-15(12)21-16)22-17-11-19-14-7-3-2-6-13(14)10-20-17/h1-11,17,21H,(H,22,23). The van der Waals surface area contributed by atoms with Crippen molar-refractivity contribution >= 4 is 34.9 Å². The summed E-state index contributed by atoms with van der Waals surface area (Å²) in [7, 11) is 0. The number of nitrogens with one attached hydrogen (secondary N) is 2. The summed E-state index contributed by atoms with van der Waals surface area (Å²) in [6.07, 6.45) is 2.89. The molecule has 1 amide bonds. The first-order valence-electron chi connectivity index (χ1n) is 7.35. The van der Waals surface area contributed by atoms with E-state index in [1.165, 1.54) is 0 Å². The largest absolute Gasteiger partial charge is 0.351 e. The van der Waals surface area contributed by atoms with Crippen LogP contribution in [0.5, 0.6) is 0 Å². The molecule has 2 aromatic carbocycles. The Morgan fingerprint density at radius 3 is 2.83 bits per heavy atom. The number of amides is 1. The van der Waals surface area contributed by atoms with E-state index in [1.54, 1.807) is 12.4 Å². The molecule has 0 spiro atoms. The van der Waals surface area contributed by atoms with Crippen LogP contribution in [0.1, 0.15) is 16.1 Å². The van der Waals surface area contributed by atoms with Crippen LogP contribution in [-0.2, 0) is 0 Å². The van der Waals surface area contributed by atoms with Gasteiger partial charge in [-0.15, -0.1) is 0 Å². The highest BCUT2D eigenvalue weighted by Crippen LogP contribution is 2.18. The van der Waals surface area contributed by atoms with Gasteiger partial charge in [-0.3, -0.25) is 14.8 Å². The van der Waals surface area contributed by atoms with Gasteiger partial charge in [-0.1, -0.05) is 36.4 Å². The van der Waals surface area contributed by atoms with Gasteiger partial charge in [0.05, 0.1) is 5.69 Å². The van der Waals surface area contributed by atoms with Crippen LogP contribution < -0.4 is 5.32 Å². The molecule has 1 aliphatic rings. The molecule has 2 heterocycles. The second kappa shape index (κ2) is 5.53. The molecule has 0 aliphatic carbocycles. The predicted molar refractivity (Wildman–Crippen MR) is 91.7 cm³/mol. The molecule has 1 aliphatic heterocycles. The van der Waals surface area contributed by atoms with Gasteiger partial charge >= 0.3 is 0 Å². The smallest absolute Gasteiger partial charge is 0.269 e. The molecule has 1 unspecified atom stereocenters. The number of fused-ring (bicyclic) bond motifs is 2. The number of hydrogen-bond acceptors (Lipinski definition) is 3. The molecule has 2 N–H and O–H groups in total. The van der Waals surface area contributed by atoms with E-state index in [2.05, 4.69) is 20.3 Å². The molecule has 0 fully saturated rings. The van der Waals surface area contributed by atoms with Crippen LogP contribution in [0.4, 0.5) is 5.69 Å². The molecule has 3 aromatic rings. The maximum absolute atomic E-state index is 12.4. The van der Waals surface area contributed by atoms with E-state index in [0.717, 1.165) is 22.2 Å². The van der Waals surface area contributed by atoms with E-state index in [9.17, 15) is 4.79 Å². The Hall–Kier alpha value is -3.21. The van der Waals surface area contributed by atoms with Gasteiger partial charge in [-0.25, -0.2) is 0 Å². The van der Waals surface area contributed by atoms with E-state index in [1.807, 2.05) is 54.6 Å². The minimum atomic E-state index is -0.485. The van der Waals surface area contributed by atoms with Crippen molar-refractivity contribution in [3.8, 4) is 0 Å². The lowest BCUT2D eigenvalue weighted by Gasteiger charge is -2.07. The van der Waals surface area contributed by atoms with Crippen LogP contribution in [0, 0.1) is 0 Å². The summed E-state index contributed by atoms with van der Waals surface area (Å²) in [4.78, 5) is 24.2. The number of hydrogen-bond donors (Lipinski definition) is 2. The number of benzene rings is 2. The fourth-order valence-electron chi connectivity index (χ4n) is 2.55. The summed E-state index contributed by atoms with van der Waals surface area (Å²) < 4.78 is 0. The lowest BCUT2D eigenvalue weighted by molar-refractivity contribution is 0.0944. The van der Waals surface area contributed by atoms with Crippen molar-refractivity contribution in [2.24, 2.45) is 9.98 Å². The number of carbonyl (C=O) groups excluding carboxylic acids is 1. The van der Waals surface area contributed by atoms with Gasteiger partial charge in [0.1, 0.15) is 5.69 Å². The van der Waals surface area contributed by atoms with Gasteiger partial charge in [0, 0.05) is 28.9 Å². The number of aromatic nitrogens is 1. The molecule has 5 heteroatoms. The molecular weight excluding hydrogens is 288 g/mol. The highest BCUT2D eigenvalue weighted by Gasteiger charge is 2.14. The summed E-state index contributed by atoms with van der Waals surface area (Å²) >= 11 is 0. The van der Waals surface area contributed by atoms with Crippen LogP contribution >= 0.6 is 0 Å². The Kier molecular flexibility index (Phi) is 3.24. The number of rotatable bonds is 2. The second-order valence-corrected chi connectivity index (χ2v) is 5.30. The quantitative estimate of drug-likeness (QED) is 0.750. The monoisotopic (exact) mass is 302 g/mol. The average molecular weight is 302 g/mol. The van der Waals surface area contributed by atoms with Crippen LogP contribution in [-0.4, -0.2) is 29.5 Å². The van der Waals surface area contributed by atoms with E-state index >= 15 is 0 Å². The maximum atomic E-state index is 12.4. The highest BCUT2D eigenvalue weighted by molar-refractivity contribution is 6.00. The number of aromatic amines is 1. The van der Waals surface area contributed by atoms with Crippen molar-refractivity contribution in [1.29, 1.82) is 0 Å². The average Bonchev–Trinajstić information content (AvgIpc) is 2.92. The number of aliphatic imine (C=N–C) groups is 2. The van der Waals surface area contributed by atoms with Crippen molar-refractivity contribution < 1.29 is 4.79 Å². The van der Waals surface area contributed by atoms with E-state index in [-0.39, 0.29) is 5.91 Å². The first kappa shape index (κ1) is 13.5. The Labute approximate surface area is 132 Å². The van der Waals surface area contributed by atoms with Crippen molar-refractivity contribution in [3.63, 3.8) is 0 Å².